The van der Waals surface area contributed by atoms with Crippen molar-refractivity contribution in [2.24, 2.45) is 0 Å². The molecule has 1 unspecified atom stereocenters. The van der Waals surface area contributed by atoms with Gasteiger partial charge < -0.3 is 74.0 Å². The van der Waals surface area contributed by atoms with E-state index in [0.717, 1.165) is 0 Å². The molecule has 0 bridgehead atoms. The molecular formula is C24H40N2O39S6. The second kappa shape index (κ2) is 22.9. The largest absolute Gasteiger partial charge is 0.479 e. The van der Waals surface area contributed by atoms with Gasteiger partial charge >= 0.3 is 74.1 Å². The van der Waals surface area contributed by atoms with E-state index in [2.05, 4.69) is 21.5 Å². The summed E-state index contributed by atoms with van der Waals surface area (Å²) in [5.41, 5.74) is 0. The molecule has 4 rings (SSSR count). The first-order chi connectivity index (χ1) is 32.1. The van der Waals surface area contributed by atoms with Crippen molar-refractivity contribution < 1.29 is 178 Å². The predicted molar refractivity (Wildman–Crippen MR) is 202 cm³/mol. The summed E-state index contributed by atoms with van der Waals surface area (Å²) in [5.74, 6) is -4.64. The van der Waals surface area contributed by atoms with Crippen molar-refractivity contribution in [1.29, 1.82) is 0 Å². The fraction of sp³-hybridized carbons (Fsp3) is 0.917. The van der Waals surface area contributed by atoms with E-state index >= 15 is 0 Å². The van der Waals surface area contributed by atoms with Crippen molar-refractivity contribution in [3.8, 4) is 0 Å². The van der Waals surface area contributed by atoms with Crippen molar-refractivity contribution in [1.82, 2.24) is 9.44 Å². The lowest BCUT2D eigenvalue weighted by atomic mass is 9.94. The summed E-state index contributed by atoms with van der Waals surface area (Å²) in [4.78, 5) is 24.9. The van der Waals surface area contributed by atoms with Gasteiger partial charge in [-0.1, -0.05) is 0 Å². The minimum atomic E-state index is -6.09. The van der Waals surface area contributed by atoms with Crippen LogP contribution in [0.3, 0.4) is 0 Å². The Balaban J connectivity index is 1.85. The van der Waals surface area contributed by atoms with Crippen LogP contribution in [0.4, 0.5) is 0 Å². The first-order valence-electron chi connectivity index (χ1n) is 18.2. The highest BCUT2D eigenvalue weighted by Gasteiger charge is 2.60. The van der Waals surface area contributed by atoms with E-state index in [9.17, 15) is 119 Å². The number of hydrogen-bond donors (Lipinski definition) is 16. The lowest BCUT2D eigenvalue weighted by Crippen LogP contribution is -2.71. The van der Waals surface area contributed by atoms with Crippen molar-refractivity contribution in [3.05, 3.63) is 0 Å². The SMILES string of the molecule is O=C(O)[C@@H]1O[C@@H](O[C@H]2[C@H](O)[C@@H](COS(=O)(=O)O)O[C@H](O[C@H]3[C@H](O)[C@@H](OS(=O)(=O)O)C(O)O[C@H]3C(=O)O)[C@@H]2NS(=O)(=O)O)[C@H](OS(=O)(=O)O)[C@@H](O)[C@@H]1O[C@H]1O[C@H](COS(=O)(=O)O)[C@@H](O)[C@H](O)[C@H]1NS(=O)(=O)O. The third-order valence-electron chi connectivity index (χ3n) is 9.59. The fourth-order valence-electron chi connectivity index (χ4n) is 6.85. The maximum atomic E-state index is 12.7. The number of carboxylic acid groups (broad SMARTS) is 2. The van der Waals surface area contributed by atoms with Crippen LogP contribution in [0, 0.1) is 0 Å². The molecule has 0 amide bonds. The van der Waals surface area contributed by atoms with Crippen molar-refractivity contribution >= 4 is 74.1 Å². The standard InChI is InChI=1S/C24H40N2O39S6/c27-7-3(1-55-68(43,44)45)57-22(5(9(7)29)25-66(37,38)39)61-14-11(31)16(65-71(52,53)54)24(63-18(14)20(34)35)60-12-6(26-67(40,41)42)23(58-4(8(12)28)2-56-69(46,47)48)62-13-10(30)15(64-70(49,50)51)21(36)59-17(13)19(32)33/h3-18,21-31,36H,1-2H2,(H,32,33)(H,34,35)(H,37,38,39)(H,40,41,42)(H,43,44,45)(H,46,47,48)(H,49,50,51)(H,52,53,54)/t3-,4-,5-,6-,7-,8-,9-,10+,11+,12-,13+,14+,15-,16-,17-,18-,21?,22-,23-,24-/m1/s1. The molecule has 0 aromatic rings. The third kappa shape index (κ3) is 17.3. The number of ether oxygens (including phenoxy) is 7. The number of carbonyl (C=O) groups is 2. The van der Waals surface area contributed by atoms with Gasteiger partial charge in [-0.3, -0.25) is 27.3 Å². The van der Waals surface area contributed by atoms with Crippen LogP contribution in [-0.4, -0.2) is 267 Å². The summed E-state index contributed by atoms with van der Waals surface area (Å²) >= 11 is 0. The molecule has 0 aliphatic carbocycles. The monoisotopic (exact) mass is 1170 g/mol. The Morgan fingerprint density at radius 1 is 0.423 bits per heavy atom. The summed E-state index contributed by atoms with van der Waals surface area (Å²) < 4.78 is 253. The fourth-order valence-corrected chi connectivity index (χ4v) is 9.62. The summed E-state index contributed by atoms with van der Waals surface area (Å²) in [6.45, 7) is -3.20. The minimum absolute atomic E-state index is 1.23. The van der Waals surface area contributed by atoms with Gasteiger partial charge in [0.15, 0.2) is 49.6 Å². The quantitative estimate of drug-likeness (QED) is 0.0448. The molecule has 416 valence electrons. The Kier molecular flexibility index (Phi) is 19.7. The lowest BCUT2D eigenvalue weighted by Gasteiger charge is -2.49. The minimum Gasteiger partial charge on any atom is -0.479 e. The van der Waals surface area contributed by atoms with Crippen LogP contribution in [0.2, 0.25) is 0 Å². The molecule has 41 nitrogen and oxygen atoms in total. The van der Waals surface area contributed by atoms with E-state index in [-0.39, 0.29) is 0 Å². The van der Waals surface area contributed by atoms with Crippen molar-refractivity contribution in [2.45, 2.75) is 123 Å². The molecule has 4 aliphatic heterocycles. The normalized spacial score (nSPS) is 39.2. The summed E-state index contributed by atoms with van der Waals surface area (Å²) in [7, 11) is -34.3. The van der Waals surface area contributed by atoms with E-state index in [1.807, 2.05) is 0 Å². The number of aliphatic hydroxyl groups excluding tert-OH is 6. The second-order valence-electron chi connectivity index (χ2n) is 14.5. The van der Waals surface area contributed by atoms with Crippen molar-refractivity contribution in [2.75, 3.05) is 13.2 Å². The van der Waals surface area contributed by atoms with Crippen molar-refractivity contribution in [3.63, 3.8) is 0 Å². The van der Waals surface area contributed by atoms with Crippen LogP contribution in [0.5, 0.6) is 0 Å². The van der Waals surface area contributed by atoms with E-state index in [1.165, 1.54) is 9.44 Å². The molecule has 0 spiro atoms. The van der Waals surface area contributed by atoms with Gasteiger partial charge in [0.05, 0.1) is 13.2 Å². The Labute approximate surface area is 396 Å². The van der Waals surface area contributed by atoms with Gasteiger partial charge in [0, 0.05) is 0 Å². The molecule has 0 aromatic heterocycles. The Morgan fingerprint density at radius 3 is 1.23 bits per heavy atom. The zero-order chi connectivity index (χ0) is 54.3. The van der Waals surface area contributed by atoms with Crippen LogP contribution in [0.15, 0.2) is 0 Å². The molecule has 0 radical (unpaired) electrons. The smallest absolute Gasteiger partial charge is 0.397 e. The molecule has 4 aliphatic rings. The summed E-state index contributed by atoms with van der Waals surface area (Å²) in [6, 6.07) is -5.49. The molecule has 16 N–H and O–H groups in total. The van der Waals surface area contributed by atoms with Gasteiger partial charge in [-0.25, -0.2) is 26.3 Å². The molecule has 47 heteroatoms. The molecular weight excluding hydrogens is 1130 g/mol. The first kappa shape index (κ1) is 61.2. The van der Waals surface area contributed by atoms with Gasteiger partial charge in [0.1, 0.15) is 73.1 Å². The summed E-state index contributed by atoms with van der Waals surface area (Å²) in [5, 5.41) is 85.1. The Hall–Kier alpha value is -2.36. The number of aliphatic carboxylic acids is 2. The molecule has 0 saturated carbocycles. The van der Waals surface area contributed by atoms with Crippen LogP contribution >= 0.6 is 0 Å². The Morgan fingerprint density at radius 2 is 0.803 bits per heavy atom. The van der Waals surface area contributed by atoms with E-state index in [1.54, 1.807) is 0 Å². The number of rotatable bonds is 22. The van der Waals surface area contributed by atoms with Crippen LogP contribution < -0.4 is 9.44 Å². The van der Waals surface area contributed by atoms with Gasteiger partial charge in [0.25, 0.3) is 0 Å². The van der Waals surface area contributed by atoms with Crippen LogP contribution in [0.25, 0.3) is 0 Å². The van der Waals surface area contributed by atoms with Gasteiger partial charge in [0.2, 0.25) is 0 Å². The molecule has 20 atom stereocenters. The van der Waals surface area contributed by atoms with Gasteiger partial charge in [-0.05, 0) is 0 Å². The van der Waals surface area contributed by atoms with E-state index < -0.39 is 210 Å². The highest BCUT2D eigenvalue weighted by molar-refractivity contribution is 7.84. The molecule has 4 heterocycles. The first-order valence-corrected chi connectivity index (χ1v) is 26.6. The maximum Gasteiger partial charge on any atom is 0.397 e. The van der Waals surface area contributed by atoms with Gasteiger partial charge in [-0.2, -0.15) is 60.0 Å². The highest BCUT2D eigenvalue weighted by atomic mass is 32.3. The zero-order valence-corrected chi connectivity index (χ0v) is 38.8. The predicted octanol–water partition coefficient (Wildman–Crippen LogP) is -11.5. The summed E-state index contributed by atoms with van der Waals surface area (Å²) in [6.07, 6.45) is -50.9. The number of aliphatic hydroxyl groups is 6. The number of carboxylic acids is 2. The topological polar surface area (TPSA) is 648 Å². The van der Waals surface area contributed by atoms with E-state index in [4.69, 9.17) is 37.5 Å². The second-order valence-corrected chi connectivity index (χ2v) is 21.2. The average Bonchev–Trinajstić information content (AvgIpc) is 3.17. The van der Waals surface area contributed by atoms with E-state index in [0.29, 0.717) is 0 Å². The third-order valence-corrected chi connectivity index (χ3v) is 12.5. The van der Waals surface area contributed by atoms with Gasteiger partial charge in [-0.15, -0.1) is 0 Å². The highest BCUT2D eigenvalue weighted by Crippen LogP contribution is 2.37. The molecule has 0 aromatic carbocycles. The molecule has 71 heavy (non-hydrogen) atoms. The molecule has 4 fully saturated rings. The Bertz CT molecular complexity index is 2580. The van der Waals surface area contributed by atoms with Crippen LogP contribution in [0.1, 0.15) is 0 Å². The lowest BCUT2D eigenvalue weighted by molar-refractivity contribution is -0.365. The zero-order valence-electron chi connectivity index (χ0n) is 33.9. The maximum absolute atomic E-state index is 12.7. The van der Waals surface area contributed by atoms with Crippen LogP contribution in [-0.2, 0) is 122 Å². The number of hydrogen-bond acceptors (Lipinski definition) is 31. The molecule has 4 saturated heterocycles. The number of nitrogens with one attached hydrogen (secondary N) is 2. The average molecular weight is 1170 g/mol.